The highest BCUT2D eigenvalue weighted by atomic mass is 16.4. The van der Waals surface area contributed by atoms with Crippen molar-refractivity contribution >= 4 is 11.9 Å². The third kappa shape index (κ3) is 2.33. The van der Waals surface area contributed by atoms with E-state index >= 15 is 0 Å². The minimum atomic E-state index is -0.990. The molecule has 0 heterocycles. The zero-order valence-corrected chi connectivity index (χ0v) is 12.1. The molecule has 0 aromatic carbocycles. The minimum Gasteiger partial charge on any atom is -0.480 e. The van der Waals surface area contributed by atoms with Crippen LogP contribution in [0.2, 0.25) is 0 Å². The third-order valence-electron chi connectivity index (χ3n) is 5.83. The van der Waals surface area contributed by atoms with E-state index in [2.05, 4.69) is 5.32 Å². The molecule has 3 aliphatic rings. The molecular formula is C16H25NO3. The maximum Gasteiger partial charge on any atom is 0.329 e. The maximum absolute atomic E-state index is 12.5. The molecule has 112 valence electrons. The van der Waals surface area contributed by atoms with Crippen molar-refractivity contribution in [3.8, 4) is 0 Å². The van der Waals surface area contributed by atoms with E-state index in [1.54, 1.807) is 0 Å². The van der Waals surface area contributed by atoms with E-state index in [4.69, 9.17) is 0 Å². The second kappa shape index (κ2) is 5.05. The molecule has 0 radical (unpaired) electrons. The van der Waals surface area contributed by atoms with Gasteiger partial charge in [-0.3, -0.25) is 4.79 Å². The van der Waals surface area contributed by atoms with Crippen molar-refractivity contribution in [3.05, 3.63) is 0 Å². The molecule has 3 rings (SSSR count). The Labute approximate surface area is 120 Å². The van der Waals surface area contributed by atoms with E-state index in [1.807, 2.05) is 0 Å². The van der Waals surface area contributed by atoms with Crippen LogP contribution in [0.3, 0.4) is 0 Å². The highest BCUT2D eigenvalue weighted by molar-refractivity contribution is 5.90. The van der Waals surface area contributed by atoms with Crippen molar-refractivity contribution in [1.82, 2.24) is 5.32 Å². The molecule has 3 saturated carbocycles. The monoisotopic (exact) mass is 279 g/mol. The van der Waals surface area contributed by atoms with E-state index in [0.717, 1.165) is 44.9 Å². The minimum absolute atomic E-state index is 0.0104. The summed E-state index contributed by atoms with van der Waals surface area (Å²) in [5, 5.41) is 12.6. The topological polar surface area (TPSA) is 66.4 Å². The van der Waals surface area contributed by atoms with Crippen LogP contribution in [0.4, 0.5) is 0 Å². The number of aliphatic carboxylic acids is 1. The zero-order valence-electron chi connectivity index (χ0n) is 12.1. The van der Waals surface area contributed by atoms with E-state index in [1.165, 1.54) is 12.8 Å². The summed E-state index contributed by atoms with van der Waals surface area (Å²) < 4.78 is 0. The number of amides is 1. The number of hydrogen-bond donors (Lipinski definition) is 2. The van der Waals surface area contributed by atoms with Gasteiger partial charge in [0.05, 0.1) is 0 Å². The molecule has 0 saturated heterocycles. The summed E-state index contributed by atoms with van der Waals surface area (Å²) in [7, 11) is 0. The lowest BCUT2D eigenvalue weighted by molar-refractivity contribution is -0.148. The number of hydrogen-bond acceptors (Lipinski definition) is 2. The average molecular weight is 279 g/mol. The highest BCUT2D eigenvalue weighted by Crippen LogP contribution is 2.62. The molecule has 3 aliphatic carbocycles. The number of rotatable bonds is 3. The van der Waals surface area contributed by atoms with Gasteiger partial charge in [0.1, 0.15) is 5.54 Å². The second-order valence-electron chi connectivity index (χ2n) is 7.12. The van der Waals surface area contributed by atoms with E-state index < -0.39 is 11.5 Å². The van der Waals surface area contributed by atoms with Gasteiger partial charge in [-0.05, 0) is 37.5 Å². The molecule has 4 heteroatoms. The summed E-state index contributed by atoms with van der Waals surface area (Å²) in [4.78, 5) is 24.2. The summed E-state index contributed by atoms with van der Waals surface area (Å²) in [5.74, 6) is -0.741. The van der Waals surface area contributed by atoms with Crippen LogP contribution in [0.25, 0.3) is 0 Å². The van der Waals surface area contributed by atoms with Crippen molar-refractivity contribution in [3.63, 3.8) is 0 Å². The Morgan fingerprint density at radius 1 is 0.900 bits per heavy atom. The quantitative estimate of drug-likeness (QED) is 0.781. The first kappa shape index (κ1) is 13.9. The molecule has 1 unspecified atom stereocenters. The van der Waals surface area contributed by atoms with Crippen LogP contribution in [-0.2, 0) is 9.59 Å². The Balaban J connectivity index is 1.67. The Bertz CT molecular complexity index is 404. The van der Waals surface area contributed by atoms with Gasteiger partial charge in [0.15, 0.2) is 0 Å². The van der Waals surface area contributed by atoms with Gasteiger partial charge in [-0.25, -0.2) is 4.79 Å². The summed E-state index contributed by atoms with van der Waals surface area (Å²) in [6.45, 7) is 0. The molecule has 0 aromatic rings. The Kier molecular flexibility index (Phi) is 3.51. The SMILES string of the molecule is O=C(NC1(C(=O)O)CCCCCC1)C1CC12CCCC2. The van der Waals surface area contributed by atoms with Gasteiger partial charge in [0.2, 0.25) is 5.91 Å². The van der Waals surface area contributed by atoms with Gasteiger partial charge in [0, 0.05) is 5.92 Å². The van der Waals surface area contributed by atoms with Crippen LogP contribution in [0.1, 0.15) is 70.6 Å². The summed E-state index contributed by atoms with van der Waals surface area (Å²) in [5.41, 5.74) is -0.746. The smallest absolute Gasteiger partial charge is 0.329 e. The van der Waals surface area contributed by atoms with Crippen molar-refractivity contribution in [2.24, 2.45) is 11.3 Å². The predicted octanol–water partition coefficient (Wildman–Crippen LogP) is 2.86. The molecule has 1 spiro atoms. The second-order valence-corrected chi connectivity index (χ2v) is 7.12. The van der Waals surface area contributed by atoms with Gasteiger partial charge in [-0.2, -0.15) is 0 Å². The van der Waals surface area contributed by atoms with Crippen LogP contribution in [-0.4, -0.2) is 22.5 Å². The van der Waals surface area contributed by atoms with Gasteiger partial charge in [0.25, 0.3) is 0 Å². The third-order valence-corrected chi connectivity index (χ3v) is 5.83. The number of nitrogens with one attached hydrogen (secondary N) is 1. The lowest BCUT2D eigenvalue weighted by Gasteiger charge is -2.29. The maximum atomic E-state index is 12.5. The van der Waals surface area contributed by atoms with Crippen molar-refractivity contribution in [2.45, 2.75) is 76.2 Å². The lowest BCUT2D eigenvalue weighted by Crippen LogP contribution is -2.55. The summed E-state index contributed by atoms with van der Waals surface area (Å²) in [6, 6.07) is 0. The fourth-order valence-electron chi connectivity index (χ4n) is 4.40. The van der Waals surface area contributed by atoms with Crippen molar-refractivity contribution in [2.75, 3.05) is 0 Å². The predicted molar refractivity (Wildman–Crippen MR) is 75.2 cm³/mol. The molecular weight excluding hydrogens is 254 g/mol. The first-order valence-electron chi connectivity index (χ1n) is 8.14. The largest absolute Gasteiger partial charge is 0.480 e. The van der Waals surface area contributed by atoms with Crippen LogP contribution in [0.5, 0.6) is 0 Å². The van der Waals surface area contributed by atoms with Gasteiger partial charge < -0.3 is 10.4 Å². The van der Waals surface area contributed by atoms with Gasteiger partial charge in [-0.15, -0.1) is 0 Å². The molecule has 1 atom stereocenters. The van der Waals surface area contributed by atoms with Crippen LogP contribution >= 0.6 is 0 Å². The number of carbonyl (C=O) groups excluding carboxylic acids is 1. The molecule has 1 amide bonds. The number of carbonyl (C=O) groups is 2. The Morgan fingerprint density at radius 2 is 1.45 bits per heavy atom. The van der Waals surface area contributed by atoms with E-state index in [9.17, 15) is 14.7 Å². The van der Waals surface area contributed by atoms with E-state index in [-0.39, 0.29) is 17.2 Å². The molecule has 0 bridgehead atoms. The first-order chi connectivity index (χ1) is 9.58. The summed E-state index contributed by atoms with van der Waals surface area (Å²) in [6.07, 6.45) is 10.9. The molecule has 3 fully saturated rings. The van der Waals surface area contributed by atoms with Crippen LogP contribution in [0, 0.1) is 11.3 Å². The van der Waals surface area contributed by atoms with Crippen LogP contribution < -0.4 is 5.32 Å². The van der Waals surface area contributed by atoms with Gasteiger partial charge >= 0.3 is 5.97 Å². The molecule has 2 N–H and O–H groups in total. The Hall–Kier alpha value is -1.06. The first-order valence-corrected chi connectivity index (χ1v) is 8.14. The average Bonchev–Trinajstić information content (AvgIpc) is 3.00. The highest BCUT2D eigenvalue weighted by Gasteiger charge is 2.59. The van der Waals surface area contributed by atoms with E-state index in [0.29, 0.717) is 12.8 Å². The lowest BCUT2D eigenvalue weighted by atomic mass is 9.89. The fraction of sp³-hybridized carbons (Fsp3) is 0.875. The normalized spacial score (nSPS) is 30.7. The number of carboxylic acid groups (broad SMARTS) is 1. The molecule has 0 aromatic heterocycles. The Morgan fingerprint density at radius 3 is 2.00 bits per heavy atom. The number of carboxylic acids is 1. The van der Waals surface area contributed by atoms with Crippen LogP contribution in [0.15, 0.2) is 0 Å². The zero-order chi connectivity index (χ0) is 14.2. The van der Waals surface area contributed by atoms with Gasteiger partial charge in [-0.1, -0.05) is 38.5 Å². The fourth-order valence-corrected chi connectivity index (χ4v) is 4.40. The molecule has 20 heavy (non-hydrogen) atoms. The standard InChI is InChI=1S/C16H25NO3/c18-13(12-11-15(12)7-5-6-8-15)17-16(14(19)20)9-3-1-2-4-10-16/h12H,1-11H2,(H,17,18)(H,19,20). The van der Waals surface area contributed by atoms with Crippen molar-refractivity contribution in [1.29, 1.82) is 0 Å². The summed E-state index contributed by atoms with van der Waals surface area (Å²) >= 11 is 0. The molecule has 0 aliphatic heterocycles. The van der Waals surface area contributed by atoms with Crippen molar-refractivity contribution < 1.29 is 14.7 Å². The molecule has 4 nitrogen and oxygen atoms in total.